The van der Waals surface area contributed by atoms with Crippen molar-refractivity contribution in [3.8, 4) is 0 Å². The molecule has 0 aliphatic heterocycles. The van der Waals surface area contributed by atoms with Crippen LogP contribution in [0.15, 0.2) is 60.7 Å². The number of β-amino-alcohol motifs (C(OH)–C–C–N with tert-alkyl or cyclic N) is 1. The number of urea groups is 1. The van der Waals surface area contributed by atoms with Crippen molar-refractivity contribution in [1.82, 2.24) is 20.9 Å². The summed E-state index contributed by atoms with van der Waals surface area (Å²) in [6, 6.07) is 15.8. The molecular formula is C34H49N5O6. The van der Waals surface area contributed by atoms with E-state index in [1.807, 2.05) is 57.2 Å². The first-order valence-corrected chi connectivity index (χ1v) is 15.8. The average molecular weight is 624 g/mol. The highest BCUT2D eigenvalue weighted by Crippen LogP contribution is 2.23. The SMILES string of the molecule is CC(C)(C)N(C[C@@H](O)[C@H](Cc1ccccc1)NC(=O)[C@H](CC(N)=O)NC(=O)OCc1ccccc1)C(=O)NCC1CCCCC1. The summed E-state index contributed by atoms with van der Waals surface area (Å²) in [4.78, 5) is 52.9. The number of hydrogen-bond donors (Lipinski definition) is 5. The molecule has 0 spiro atoms. The topological polar surface area (TPSA) is 163 Å². The second-order valence-corrected chi connectivity index (χ2v) is 12.8. The van der Waals surface area contributed by atoms with Crippen LogP contribution in [-0.4, -0.2) is 70.8 Å². The second kappa shape index (κ2) is 17.4. The first-order valence-electron chi connectivity index (χ1n) is 15.8. The number of hydrogen-bond acceptors (Lipinski definition) is 6. The highest BCUT2D eigenvalue weighted by molar-refractivity contribution is 5.90. The molecule has 2 aromatic carbocycles. The van der Waals surface area contributed by atoms with E-state index in [0.717, 1.165) is 24.0 Å². The molecule has 5 amide bonds. The lowest BCUT2D eigenvalue weighted by Crippen LogP contribution is -2.59. The Hall–Kier alpha value is -4.12. The van der Waals surface area contributed by atoms with Gasteiger partial charge in [0.25, 0.3) is 0 Å². The summed E-state index contributed by atoms with van der Waals surface area (Å²) in [7, 11) is 0. The number of nitrogens with two attached hydrogens (primary N) is 1. The van der Waals surface area contributed by atoms with E-state index < -0.39 is 48.1 Å². The first-order chi connectivity index (χ1) is 21.4. The third kappa shape index (κ3) is 12.4. The Kier molecular flexibility index (Phi) is 13.7. The monoisotopic (exact) mass is 623 g/mol. The molecule has 1 aliphatic rings. The summed E-state index contributed by atoms with van der Waals surface area (Å²) in [5.41, 5.74) is 6.37. The van der Waals surface area contributed by atoms with Crippen molar-refractivity contribution in [3.63, 3.8) is 0 Å². The highest BCUT2D eigenvalue weighted by Gasteiger charge is 2.34. The van der Waals surface area contributed by atoms with Crippen molar-refractivity contribution >= 4 is 23.9 Å². The van der Waals surface area contributed by atoms with Crippen LogP contribution >= 0.6 is 0 Å². The Labute approximate surface area is 266 Å². The van der Waals surface area contributed by atoms with Gasteiger partial charge in [-0.05, 0) is 57.1 Å². The van der Waals surface area contributed by atoms with Crippen LogP contribution in [0.3, 0.4) is 0 Å². The molecule has 0 heterocycles. The molecule has 0 radical (unpaired) electrons. The summed E-state index contributed by atoms with van der Waals surface area (Å²) in [5.74, 6) is -1.07. The Bertz CT molecular complexity index is 1230. The minimum absolute atomic E-state index is 0.0294. The molecule has 0 bridgehead atoms. The van der Waals surface area contributed by atoms with Gasteiger partial charge in [0.05, 0.1) is 25.1 Å². The molecule has 2 aromatic rings. The van der Waals surface area contributed by atoms with Crippen molar-refractivity contribution in [2.45, 2.75) is 96.1 Å². The lowest BCUT2D eigenvalue weighted by Gasteiger charge is -2.39. The first kappa shape index (κ1) is 35.4. The van der Waals surface area contributed by atoms with Crippen molar-refractivity contribution in [3.05, 3.63) is 71.8 Å². The summed E-state index contributed by atoms with van der Waals surface area (Å²) < 4.78 is 5.24. The van der Waals surface area contributed by atoms with Gasteiger partial charge in [-0.3, -0.25) is 9.59 Å². The number of carbonyl (C=O) groups excluding carboxylic acids is 4. The molecule has 0 unspecified atom stereocenters. The molecule has 6 N–H and O–H groups in total. The maximum Gasteiger partial charge on any atom is 0.408 e. The fourth-order valence-electron chi connectivity index (χ4n) is 5.45. The van der Waals surface area contributed by atoms with Crippen LogP contribution < -0.4 is 21.7 Å². The van der Waals surface area contributed by atoms with E-state index >= 15 is 0 Å². The third-order valence-electron chi connectivity index (χ3n) is 8.01. The Morgan fingerprint density at radius 2 is 1.53 bits per heavy atom. The van der Waals surface area contributed by atoms with E-state index in [1.54, 1.807) is 29.2 Å². The Morgan fingerprint density at radius 1 is 0.933 bits per heavy atom. The number of ether oxygens (including phenoxy) is 1. The second-order valence-electron chi connectivity index (χ2n) is 12.8. The van der Waals surface area contributed by atoms with Crippen molar-refractivity contribution in [1.29, 1.82) is 0 Å². The van der Waals surface area contributed by atoms with E-state index in [0.29, 0.717) is 12.5 Å². The number of aliphatic hydroxyl groups excluding tert-OH is 1. The van der Waals surface area contributed by atoms with Gasteiger partial charge < -0.3 is 36.4 Å². The molecule has 3 atom stereocenters. The van der Waals surface area contributed by atoms with Crippen LogP contribution in [0.5, 0.6) is 0 Å². The molecule has 11 heteroatoms. The van der Waals surface area contributed by atoms with E-state index in [1.165, 1.54) is 19.3 Å². The maximum absolute atomic E-state index is 13.5. The fourth-order valence-corrected chi connectivity index (χ4v) is 5.45. The van der Waals surface area contributed by atoms with E-state index in [4.69, 9.17) is 10.5 Å². The number of alkyl carbamates (subject to hydrolysis) is 1. The molecule has 1 fully saturated rings. The zero-order chi connectivity index (χ0) is 32.8. The predicted octanol–water partition coefficient (Wildman–Crippen LogP) is 3.64. The van der Waals surface area contributed by atoms with Crippen LogP contribution in [0, 0.1) is 5.92 Å². The normalized spacial score (nSPS) is 15.6. The minimum Gasteiger partial charge on any atom is -0.445 e. The minimum atomic E-state index is -1.34. The number of primary amides is 1. The van der Waals surface area contributed by atoms with E-state index in [-0.39, 0.29) is 25.6 Å². The van der Waals surface area contributed by atoms with Gasteiger partial charge in [0.2, 0.25) is 11.8 Å². The molecule has 11 nitrogen and oxygen atoms in total. The number of aliphatic hydroxyl groups is 1. The standard InChI is InChI=1S/C34H49N5O6/c1-34(2,3)39(32(43)36-21-25-15-9-5-10-16-25)22-29(40)27(19-24-13-7-4-8-14-24)37-31(42)28(20-30(35)41)38-33(44)45-23-26-17-11-6-12-18-26/h4,6-8,11-14,17-18,25,27-29,40H,5,9-10,15-16,19-23H2,1-3H3,(H2,35,41)(H,36,43)(H,37,42)(H,38,44)/t27-,28-,29+/m0/s1. The number of amides is 5. The predicted molar refractivity (Wildman–Crippen MR) is 172 cm³/mol. The highest BCUT2D eigenvalue weighted by atomic mass is 16.5. The van der Waals surface area contributed by atoms with E-state index in [2.05, 4.69) is 16.0 Å². The molecule has 3 rings (SSSR count). The molecule has 1 aliphatic carbocycles. The van der Waals surface area contributed by atoms with Crippen molar-refractivity contribution in [2.75, 3.05) is 13.1 Å². The largest absolute Gasteiger partial charge is 0.445 e. The Morgan fingerprint density at radius 3 is 2.11 bits per heavy atom. The van der Waals surface area contributed by atoms with Crippen LogP contribution in [0.1, 0.15) is 70.4 Å². The van der Waals surface area contributed by atoms with Gasteiger partial charge in [0, 0.05) is 12.1 Å². The molecule has 246 valence electrons. The summed E-state index contributed by atoms with van der Waals surface area (Å²) in [5, 5.41) is 19.8. The van der Waals surface area contributed by atoms with Crippen molar-refractivity contribution in [2.24, 2.45) is 11.7 Å². The summed E-state index contributed by atoms with van der Waals surface area (Å²) in [6.45, 7) is 6.14. The van der Waals surface area contributed by atoms with Gasteiger partial charge in [-0.1, -0.05) is 79.9 Å². The van der Waals surface area contributed by atoms with Gasteiger partial charge in [-0.15, -0.1) is 0 Å². The molecule has 45 heavy (non-hydrogen) atoms. The summed E-state index contributed by atoms with van der Waals surface area (Å²) in [6.07, 6.45) is 3.41. The lowest BCUT2D eigenvalue weighted by molar-refractivity contribution is -0.128. The maximum atomic E-state index is 13.5. The number of nitrogens with one attached hydrogen (secondary N) is 3. The zero-order valence-corrected chi connectivity index (χ0v) is 26.7. The van der Waals surface area contributed by atoms with Crippen LogP contribution in [0.4, 0.5) is 9.59 Å². The summed E-state index contributed by atoms with van der Waals surface area (Å²) >= 11 is 0. The van der Waals surface area contributed by atoms with Gasteiger partial charge in [0.1, 0.15) is 12.6 Å². The van der Waals surface area contributed by atoms with Crippen LogP contribution in [0.25, 0.3) is 0 Å². The smallest absolute Gasteiger partial charge is 0.408 e. The van der Waals surface area contributed by atoms with Crippen molar-refractivity contribution < 1.29 is 29.0 Å². The van der Waals surface area contributed by atoms with Crippen LogP contribution in [-0.2, 0) is 27.4 Å². The van der Waals surface area contributed by atoms with Crippen LogP contribution in [0.2, 0.25) is 0 Å². The number of benzene rings is 2. The van der Waals surface area contributed by atoms with Gasteiger partial charge in [-0.25, -0.2) is 9.59 Å². The molecule has 0 aromatic heterocycles. The molecular weight excluding hydrogens is 574 g/mol. The average Bonchev–Trinajstić information content (AvgIpc) is 3.01. The van der Waals surface area contributed by atoms with Gasteiger partial charge in [-0.2, -0.15) is 0 Å². The van der Waals surface area contributed by atoms with E-state index in [9.17, 15) is 24.3 Å². The van der Waals surface area contributed by atoms with Gasteiger partial charge >= 0.3 is 12.1 Å². The van der Waals surface area contributed by atoms with Gasteiger partial charge in [0.15, 0.2) is 0 Å². The fraction of sp³-hybridized carbons (Fsp3) is 0.529. The quantitative estimate of drug-likeness (QED) is 0.216. The Balaban J connectivity index is 1.72. The zero-order valence-electron chi connectivity index (χ0n) is 26.7. The number of nitrogens with zero attached hydrogens (tertiary/aromatic N) is 1. The third-order valence-corrected chi connectivity index (χ3v) is 8.01. The lowest BCUT2D eigenvalue weighted by atomic mass is 9.89. The molecule has 1 saturated carbocycles. The number of carbonyl (C=O) groups is 4. The number of rotatable bonds is 14. The molecule has 0 saturated heterocycles.